The summed E-state index contributed by atoms with van der Waals surface area (Å²) in [6.45, 7) is 7.01. The normalized spacial score (nSPS) is 8.80. The molecule has 0 spiro atoms. The lowest BCUT2D eigenvalue weighted by Crippen LogP contribution is -2.19. The van der Waals surface area contributed by atoms with E-state index in [9.17, 15) is 0 Å². The van der Waals surface area contributed by atoms with Gasteiger partial charge in [0.15, 0.2) is 0 Å². The van der Waals surface area contributed by atoms with Crippen LogP contribution in [-0.2, 0) is 0 Å². The van der Waals surface area contributed by atoms with Gasteiger partial charge in [0.1, 0.15) is 0 Å². The Labute approximate surface area is 63.7 Å². The SMILES string of the molecule is CC.CCCCN=CNN. The highest BCUT2D eigenvalue weighted by Crippen LogP contribution is 1.83. The highest BCUT2D eigenvalue weighted by atomic mass is 15.2. The van der Waals surface area contributed by atoms with Crippen LogP contribution < -0.4 is 11.3 Å². The molecule has 0 saturated heterocycles. The van der Waals surface area contributed by atoms with Crippen LogP contribution in [0.1, 0.15) is 33.6 Å². The maximum atomic E-state index is 4.91. The predicted molar refractivity (Wildman–Crippen MR) is 46.9 cm³/mol. The third-order valence-corrected chi connectivity index (χ3v) is 0.807. The highest BCUT2D eigenvalue weighted by molar-refractivity contribution is 5.52. The second-order valence-electron chi connectivity index (χ2n) is 1.56. The van der Waals surface area contributed by atoms with Crippen molar-refractivity contribution in [1.82, 2.24) is 5.43 Å². The van der Waals surface area contributed by atoms with E-state index in [1.165, 1.54) is 12.8 Å². The molecule has 0 bridgehead atoms. The topological polar surface area (TPSA) is 50.4 Å². The summed E-state index contributed by atoms with van der Waals surface area (Å²) in [5.41, 5.74) is 2.33. The van der Waals surface area contributed by atoms with E-state index in [0.29, 0.717) is 0 Å². The fourth-order valence-corrected chi connectivity index (χ4v) is 0.367. The molecule has 62 valence electrons. The standard InChI is InChI=1S/C5H13N3.C2H6/c1-2-3-4-7-5-8-6;1-2/h5H,2-4,6H2,1H3,(H,7,8);1-2H3. The van der Waals surface area contributed by atoms with Gasteiger partial charge in [0, 0.05) is 6.54 Å². The molecule has 0 aliphatic carbocycles. The summed E-state index contributed by atoms with van der Waals surface area (Å²) in [6, 6.07) is 0. The number of nitrogens with one attached hydrogen (secondary N) is 1. The van der Waals surface area contributed by atoms with Gasteiger partial charge in [-0.05, 0) is 6.42 Å². The smallest absolute Gasteiger partial charge is 0.0964 e. The van der Waals surface area contributed by atoms with Gasteiger partial charge in [-0.1, -0.05) is 27.2 Å². The van der Waals surface area contributed by atoms with Crippen LogP contribution in [0.5, 0.6) is 0 Å². The number of nitrogens with two attached hydrogens (primary N) is 1. The Balaban J connectivity index is 0. The molecule has 0 aliphatic heterocycles. The molecule has 3 N–H and O–H groups in total. The van der Waals surface area contributed by atoms with E-state index in [1.807, 2.05) is 13.8 Å². The van der Waals surface area contributed by atoms with E-state index < -0.39 is 0 Å². The number of nitrogens with zero attached hydrogens (tertiary/aromatic N) is 1. The molecule has 10 heavy (non-hydrogen) atoms. The van der Waals surface area contributed by atoms with Gasteiger partial charge in [0.25, 0.3) is 0 Å². The third kappa shape index (κ3) is 15.7. The first-order valence-electron chi connectivity index (χ1n) is 3.86. The highest BCUT2D eigenvalue weighted by Gasteiger charge is 1.74. The van der Waals surface area contributed by atoms with E-state index in [1.54, 1.807) is 0 Å². The third-order valence-electron chi connectivity index (χ3n) is 0.807. The van der Waals surface area contributed by atoms with Gasteiger partial charge in [-0.25, -0.2) is 5.84 Å². The fourth-order valence-electron chi connectivity index (χ4n) is 0.367. The van der Waals surface area contributed by atoms with Gasteiger partial charge in [-0.3, -0.25) is 4.99 Å². The first-order chi connectivity index (χ1) is 4.91. The van der Waals surface area contributed by atoms with Crippen molar-refractivity contribution in [3.63, 3.8) is 0 Å². The van der Waals surface area contributed by atoms with Crippen molar-refractivity contribution in [2.75, 3.05) is 6.54 Å². The summed E-state index contributed by atoms with van der Waals surface area (Å²) in [4.78, 5) is 3.92. The zero-order valence-corrected chi connectivity index (χ0v) is 7.22. The summed E-state index contributed by atoms with van der Waals surface area (Å²) >= 11 is 0. The number of hydrogen-bond acceptors (Lipinski definition) is 2. The quantitative estimate of drug-likeness (QED) is 0.206. The van der Waals surface area contributed by atoms with Gasteiger partial charge in [0.2, 0.25) is 0 Å². The molecule has 0 aromatic carbocycles. The molecule has 0 unspecified atom stereocenters. The number of aliphatic imine (C=N–C) groups is 1. The maximum Gasteiger partial charge on any atom is 0.0964 e. The average molecular weight is 145 g/mol. The Hall–Kier alpha value is -0.570. The summed E-state index contributed by atoms with van der Waals surface area (Å²) in [5, 5.41) is 0. The number of unbranched alkanes of at least 4 members (excludes halogenated alkanes) is 1. The van der Waals surface area contributed by atoms with Gasteiger partial charge >= 0.3 is 0 Å². The molecule has 0 atom stereocenters. The van der Waals surface area contributed by atoms with Crippen LogP contribution in [0, 0.1) is 0 Å². The van der Waals surface area contributed by atoms with Crippen molar-refractivity contribution in [1.29, 1.82) is 0 Å². The molecule has 0 saturated carbocycles. The predicted octanol–water partition coefficient (Wildman–Crippen LogP) is 1.30. The molecule has 0 heterocycles. The molecule has 3 heteroatoms. The van der Waals surface area contributed by atoms with E-state index in [0.717, 1.165) is 13.0 Å². The van der Waals surface area contributed by atoms with Crippen LogP contribution in [0.2, 0.25) is 0 Å². The van der Waals surface area contributed by atoms with Gasteiger partial charge in [-0.2, -0.15) is 0 Å². The maximum absolute atomic E-state index is 4.91. The van der Waals surface area contributed by atoms with E-state index >= 15 is 0 Å². The molecule has 0 aliphatic rings. The molecule has 0 radical (unpaired) electrons. The molecule has 0 fully saturated rings. The lowest BCUT2D eigenvalue weighted by Gasteiger charge is -1.87. The first-order valence-corrected chi connectivity index (χ1v) is 3.86. The van der Waals surface area contributed by atoms with Crippen molar-refractivity contribution in [2.24, 2.45) is 10.8 Å². The number of hydrazine groups is 1. The Morgan fingerprint density at radius 3 is 2.50 bits per heavy atom. The van der Waals surface area contributed by atoms with Crippen molar-refractivity contribution in [3.8, 4) is 0 Å². The lowest BCUT2D eigenvalue weighted by molar-refractivity contribution is 0.805. The largest absolute Gasteiger partial charge is 0.315 e. The van der Waals surface area contributed by atoms with Crippen LogP contribution in [-0.4, -0.2) is 12.9 Å². The average Bonchev–Trinajstić information content (AvgIpc) is 2.02. The molecule has 0 rings (SSSR count). The van der Waals surface area contributed by atoms with Crippen molar-refractivity contribution in [2.45, 2.75) is 33.6 Å². The summed E-state index contributed by atoms with van der Waals surface area (Å²) in [6.07, 6.45) is 3.83. The monoisotopic (exact) mass is 145 g/mol. The molecule has 0 amide bonds. The Morgan fingerprint density at radius 1 is 1.50 bits per heavy atom. The van der Waals surface area contributed by atoms with Crippen LogP contribution in [0.15, 0.2) is 4.99 Å². The van der Waals surface area contributed by atoms with Crippen LogP contribution in [0.4, 0.5) is 0 Å². The Morgan fingerprint density at radius 2 is 2.10 bits per heavy atom. The van der Waals surface area contributed by atoms with Gasteiger partial charge in [0.05, 0.1) is 6.34 Å². The van der Waals surface area contributed by atoms with Crippen molar-refractivity contribution < 1.29 is 0 Å². The van der Waals surface area contributed by atoms with E-state index in [4.69, 9.17) is 5.84 Å². The second kappa shape index (κ2) is 15.8. The van der Waals surface area contributed by atoms with Crippen LogP contribution in [0.3, 0.4) is 0 Å². The number of rotatable bonds is 4. The van der Waals surface area contributed by atoms with E-state index in [-0.39, 0.29) is 0 Å². The fraction of sp³-hybridized carbons (Fsp3) is 0.857. The summed E-state index contributed by atoms with van der Waals surface area (Å²) in [7, 11) is 0. The number of hydrogen-bond donors (Lipinski definition) is 2. The van der Waals surface area contributed by atoms with Crippen molar-refractivity contribution >= 4 is 6.34 Å². The Kier molecular flexibility index (Phi) is 19.2. The minimum absolute atomic E-state index is 0.876. The molecular formula is C7H19N3. The first kappa shape index (κ1) is 12.1. The molecular weight excluding hydrogens is 126 g/mol. The zero-order chi connectivity index (χ0) is 8.24. The van der Waals surface area contributed by atoms with Gasteiger partial charge < -0.3 is 5.43 Å². The molecule has 3 nitrogen and oxygen atoms in total. The molecule has 0 aromatic rings. The van der Waals surface area contributed by atoms with Gasteiger partial charge in [-0.15, -0.1) is 0 Å². The second-order valence-corrected chi connectivity index (χ2v) is 1.56. The van der Waals surface area contributed by atoms with E-state index in [2.05, 4.69) is 17.3 Å². The zero-order valence-electron chi connectivity index (χ0n) is 7.22. The minimum atomic E-state index is 0.876. The van der Waals surface area contributed by atoms with Crippen molar-refractivity contribution in [3.05, 3.63) is 0 Å². The lowest BCUT2D eigenvalue weighted by atomic mass is 10.3. The molecule has 0 aromatic heterocycles. The van der Waals surface area contributed by atoms with Crippen LogP contribution >= 0.6 is 0 Å². The summed E-state index contributed by atoms with van der Waals surface area (Å²) < 4.78 is 0. The van der Waals surface area contributed by atoms with Crippen LogP contribution in [0.25, 0.3) is 0 Å². The summed E-state index contributed by atoms with van der Waals surface area (Å²) in [5.74, 6) is 4.91. The minimum Gasteiger partial charge on any atom is -0.315 e. The Bertz CT molecular complexity index is 61.9.